The van der Waals surface area contributed by atoms with Crippen LogP contribution in [0, 0.1) is 0 Å². The van der Waals surface area contributed by atoms with Gasteiger partial charge < -0.3 is 4.90 Å². The predicted molar refractivity (Wildman–Crippen MR) is 63.2 cm³/mol. The van der Waals surface area contributed by atoms with Crippen molar-refractivity contribution in [1.29, 1.82) is 0 Å². The minimum Gasteiger partial charge on any atom is -0.365 e. The predicted octanol–water partition coefficient (Wildman–Crippen LogP) is 3.75. The molecule has 0 amide bonds. The molecule has 2 rings (SSSR count). The highest BCUT2D eigenvalue weighted by Crippen LogP contribution is 2.37. The van der Waals surface area contributed by atoms with E-state index in [0.717, 1.165) is 17.0 Å². The number of hydrogen-bond acceptors (Lipinski definition) is 2. The largest absolute Gasteiger partial charge is 0.417 e. The summed E-state index contributed by atoms with van der Waals surface area (Å²) in [6, 6.07) is 3.16. The molecule has 110 valence electrons. The van der Waals surface area contributed by atoms with Gasteiger partial charge in [-0.3, -0.25) is 4.79 Å². The molecule has 1 aromatic carbocycles. The molecule has 20 heavy (non-hydrogen) atoms. The van der Waals surface area contributed by atoms with E-state index >= 15 is 0 Å². The van der Waals surface area contributed by atoms with E-state index < -0.39 is 29.8 Å². The molecule has 7 heteroatoms. The van der Waals surface area contributed by atoms with Crippen molar-refractivity contribution < 1.29 is 26.7 Å². The van der Waals surface area contributed by atoms with Gasteiger partial charge in [0.25, 0.3) is 5.92 Å². The Hall–Kier alpha value is -1.66. The van der Waals surface area contributed by atoms with Gasteiger partial charge in [-0.15, -0.1) is 0 Å². The van der Waals surface area contributed by atoms with Gasteiger partial charge in [-0.1, -0.05) is 6.07 Å². The Balaban J connectivity index is 2.44. The number of carbonyl (C=O) groups is 1. The molecule has 0 unspecified atom stereocenters. The summed E-state index contributed by atoms with van der Waals surface area (Å²) in [6.45, 7) is -0.465. The van der Waals surface area contributed by atoms with Crippen LogP contribution in [0.4, 0.5) is 27.6 Å². The van der Waals surface area contributed by atoms with Gasteiger partial charge in [-0.05, 0) is 18.6 Å². The number of nitrogens with zero attached hydrogens (tertiary/aromatic N) is 1. The van der Waals surface area contributed by atoms with Crippen molar-refractivity contribution in [2.75, 3.05) is 18.0 Å². The molecule has 1 saturated heterocycles. The quantitative estimate of drug-likeness (QED) is 0.611. The van der Waals surface area contributed by atoms with E-state index in [1.807, 2.05) is 0 Å². The molecule has 0 N–H and O–H groups in total. The Bertz CT molecular complexity index is 512. The van der Waals surface area contributed by atoms with E-state index in [1.54, 1.807) is 0 Å². The van der Waals surface area contributed by atoms with Gasteiger partial charge in [0.15, 0.2) is 6.29 Å². The first-order chi connectivity index (χ1) is 9.24. The molecule has 1 fully saturated rings. The van der Waals surface area contributed by atoms with E-state index in [2.05, 4.69) is 0 Å². The van der Waals surface area contributed by atoms with Gasteiger partial charge in [-0.25, -0.2) is 8.78 Å². The molecule has 1 heterocycles. The Kier molecular flexibility index (Phi) is 3.71. The third kappa shape index (κ3) is 2.91. The fourth-order valence-corrected chi connectivity index (χ4v) is 2.37. The summed E-state index contributed by atoms with van der Waals surface area (Å²) in [5, 5.41) is 0. The highest BCUT2D eigenvalue weighted by atomic mass is 19.4. The van der Waals surface area contributed by atoms with Crippen LogP contribution in [0.3, 0.4) is 0 Å². The first-order valence-electron chi connectivity index (χ1n) is 6.03. The molecular weight excluding hydrogens is 281 g/mol. The van der Waals surface area contributed by atoms with Crippen molar-refractivity contribution in [2.45, 2.75) is 24.9 Å². The van der Waals surface area contributed by atoms with Crippen molar-refractivity contribution in [3.8, 4) is 0 Å². The van der Waals surface area contributed by atoms with E-state index in [9.17, 15) is 26.7 Å². The van der Waals surface area contributed by atoms with E-state index in [-0.39, 0.29) is 31.4 Å². The van der Waals surface area contributed by atoms with Crippen LogP contribution in [0.2, 0.25) is 0 Å². The normalized spacial score (nSPS) is 18.9. The lowest BCUT2D eigenvalue weighted by Gasteiger charge is -2.35. The summed E-state index contributed by atoms with van der Waals surface area (Å²) in [5.74, 6) is -2.95. The average molecular weight is 293 g/mol. The minimum absolute atomic E-state index is 0.0743. The maximum Gasteiger partial charge on any atom is 0.417 e. The van der Waals surface area contributed by atoms with Crippen LogP contribution in [-0.4, -0.2) is 25.3 Å². The zero-order valence-electron chi connectivity index (χ0n) is 10.4. The smallest absolute Gasteiger partial charge is 0.365 e. The van der Waals surface area contributed by atoms with Crippen LogP contribution in [0.15, 0.2) is 18.2 Å². The first kappa shape index (κ1) is 14.7. The molecule has 0 radical (unpaired) electrons. The molecule has 0 aliphatic carbocycles. The lowest BCUT2D eigenvalue weighted by Crippen LogP contribution is -2.43. The van der Waals surface area contributed by atoms with E-state index in [4.69, 9.17) is 0 Å². The molecule has 0 spiro atoms. The molecule has 1 aliphatic heterocycles. The van der Waals surface area contributed by atoms with E-state index in [1.165, 1.54) is 6.07 Å². The van der Waals surface area contributed by atoms with Crippen LogP contribution in [0.5, 0.6) is 0 Å². The highest BCUT2D eigenvalue weighted by Gasteiger charge is 2.38. The second kappa shape index (κ2) is 5.03. The van der Waals surface area contributed by atoms with E-state index in [0.29, 0.717) is 0 Å². The first-order valence-corrected chi connectivity index (χ1v) is 6.03. The third-order valence-corrected chi connectivity index (χ3v) is 3.24. The molecule has 1 aliphatic rings. The second-order valence-electron chi connectivity index (χ2n) is 4.74. The maximum absolute atomic E-state index is 13.4. The Morgan fingerprint density at radius 1 is 1.25 bits per heavy atom. The fraction of sp³-hybridized carbons (Fsp3) is 0.462. The summed E-state index contributed by atoms with van der Waals surface area (Å²) >= 11 is 0. The molecular formula is C13H12F5NO. The van der Waals surface area contributed by atoms with Crippen LogP contribution in [0.1, 0.15) is 28.8 Å². The van der Waals surface area contributed by atoms with Crippen LogP contribution in [0.25, 0.3) is 0 Å². The number of halogens is 5. The fourth-order valence-electron chi connectivity index (χ4n) is 2.37. The maximum atomic E-state index is 13.4. The summed E-state index contributed by atoms with van der Waals surface area (Å²) < 4.78 is 65.1. The number of benzene rings is 1. The second-order valence-corrected chi connectivity index (χ2v) is 4.74. The number of alkyl halides is 5. The van der Waals surface area contributed by atoms with Crippen LogP contribution >= 0.6 is 0 Å². The molecule has 2 nitrogen and oxygen atoms in total. The molecule has 0 aromatic heterocycles. The number of piperidine rings is 1. The minimum atomic E-state index is -4.69. The van der Waals surface area contributed by atoms with Crippen molar-refractivity contribution >= 4 is 12.0 Å². The summed E-state index contributed by atoms with van der Waals surface area (Å²) in [5.41, 5.74) is -1.77. The van der Waals surface area contributed by atoms with Gasteiger partial charge in [0.1, 0.15) is 0 Å². The monoisotopic (exact) mass is 293 g/mol. The third-order valence-electron chi connectivity index (χ3n) is 3.24. The summed E-state index contributed by atoms with van der Waals surface area (Å²) in [6.07, 6.45) is -4.74. The van der Waals surface area contributed by atoms with Crippen molar-refractivity contribution in [1.82, 2.24) is 0 Å². The summed E-state index contributed by atoms with van der Waals surface area (Å²) in [7, 11) is 0. The van der Waals surface area contributed by atoms with Gasteiger partial charge in [-0.2, -0.15) is 13.2 Å². The SMILES string of the molecule is O=Cc1c(N2CCCC(F)(F)C2)cccc1C(F)(F)F. The Labute approximate surface area is 112 Å². The van der Waals surface area contributed by atoms with Crippen LogP contribution in [-0.2, 0) is 6.18 Å². The lowest BCUT2D eigenvalue weighted by atomic mass is 10.0. The molecule has 0 saturated carbocycles. The number of aldehydes is 1. The molecule has 0 atom stereocenters. The highest BCUT2D eigenvalue weighted by molar-refractivity contribution is 5.87. The van der Waals surface area contributed by atoms with Gasteiger partial charge in [0.05, 0.1) is 12.1 Å². The lowest BCUT2D eigenvalue weighted by molar-refractivity contribution is -0.137. The number of carbonyl (C=O) groups excluding carboxylic acids is 1. The van der Waals surface area contributed by atoms with Crippen molar-refractivity contribution in [3.05, 3.63) is 29.3 Å². The topological polar surface area (TPSA) is 20.3 Å². The summed E-state index contributed by atoms with van der Waals surface area (Å²) in [4.78, 5) is 12.1. The average Bonchev–Trinajstić information content (AvgIpc) is 2.35. The van der Waals surface area contributed by atoms with Gasteiger partial charge in [0.2, 0.25) is 0 Å². The zero-order chi connectivity index (χ0) is 15.0. The molecule has 0 bridgehead atoms. The Morgan fingerprint density at radius 3 is 2.50 bits per heavy atom. The van der Waals surface area contributed by atoms with Gasteiger partial charge in [0, 0.05) is 24.2 Å². The zero-order valence-corrected chi connectivity index (χ0v) is 10.4. The van der Waals surface area contributed by atoms with Gasteiger partial charge >= 0.3 is 6.18 Å². The molecule has 1 aromatic rings. The van der Waals surface area contributed by atoms with Crippen molar-refractivity contribution in [2.24, 2.45) is 0 Å². The number of hydrogen-bond donors (Lipinski definition) is 0. The van der Waals surface area contributed by atoms with Crippen molar-refractivity contribution in [3.63, 3.8) is 0 Å². The number of anilines is 1. The standard InChI is InChI=1S/C13H12F5NO/c14-12(15)5-2-6-19(8-12)11-4-1-3-10(9(11)7-20)13(16,17)18/h1,3-4,7H,2,5-6,8H2. The Morgan fingerprint density at radius 2 is 1.95 bits per heavy atom. The van der Waals surface area contributed by atoms with Crippen LogP contribution < -0.4 is 4.90 Å². The number of rotatable bonds is 2.